The minimum Gasteiger partial charge on any atom is -0.372 e. The summed E-state index contributed by atoms with van der Waals surface area (Å²) in [6.07, 6.45) is 2.49. The lowest BCUT2D eigenvalue weighted by atomic mass is 10.2. The number of anilines is 1. The van der Waals surface area contributed by atoms with Gasteiger partial charge in [0.2, 0.25) is 5.91 Å². The van der Waals surface area contributed by atoms with Crippen LogP contribution in [0.5, 0.6) is 0 Å². The van der Waals surface area contributed by atoms with Gasteiger partial charge < -0.3 is 19.1 Å². The van der Waals surface area contributed by atoms with Crippen LogP contribution in [0.4, 0.5) is 5.69 Å². The summed E-state index contributed by atoms with van der Waals surface area (Å²) in [5, 5.41) is 0.651. The molecule has 3 heterocycles. The second kappa shape index (κ2) is 8.28. The van der Waals surface area contributed by atoms with Crippen LogP contribution in [0.25, 0.3) is 10.9 Å². The maximum absolute atomic E-state index is 12.2. The highest BCUT2D eigenvalue weighted by Gasteiger charge is 2.21. The number of hydrogen-bond acceptors (Lipinski definition) is 6. The summed E-state index contributed by atoms with van der Waals surface area (Å²) in [7, 11) is 1.72. The molecular weight excluding hydrogens is 358 g/mol. The predicted octanol–water partition coefficient (Wildman–Crippen LogP) is 0.304. The number of ether oxygens (including phenoxy) is 1. The molecule has 2 aliphatic rings. The lowest BCUT2D eigenvalue weighted by Gasteiger charge is -2.37. The standard InChI is InChI=1S/C20H27N5O3/c1-22-15-21-18-13-16(3-4-17(18)20(22)27)24-9-6-23(7-10-24)8-11-25-5-2-12-28-14-19(25)26/h3-4,13,15H,2,5-12,14H2,1H3. The number of hydrogen-bond donors (Lipinski definition) is 0. The Bertz CT molecular complexity index is 904. The van der Waals surface area contributed by atoms with Crippen molar-refractivity contribution in [2.45, 2.75) is 6.42 Å². The van der Waals surface area contributed by atoms with Gasteiger partial charge in [-0.05, 0) is 24.6 Å². The lowest BCUT2D eigenvalue weighted by molar-refractivity contribution is -0.134. The van der Waals surface area contributed by atoms with Gasteiger partial charge in [-0.3, -0.25) is 14.5 Å². The highest BCUT2D eigenvalue weighted by atomic mass is 16.5. The fraction of sp³-hybridized carbons (Fsp3) is 0.550. The molecule has 0 unspecified atom stereocenters. The van der Waals surface area contributed by atoms with Crippen LogP contribution in [0.1, 0.15) is 6.42 Å². The second-order valence-corrected chi connectivity index (χ2v) is 7.48. The Labute approximate surface area is 164 Å². The molecule has 1 aromatic heterocycles. The molecule has 0 spiro atoms. The normalized spacial score (nSPS) is 19.2. The Hall–Kier alpha value is -2.45. The fourth-order valence-corrected chi connectivity index (χ4v) is 3.86. The molecule has 2 aromatic rings. The average molecular weight is 385 g/mol. The van der Waals surface area contributed by atoms with Crippen molar-refractivity contribution in [3.63, 3.8) is 0 Å². The minimum atomic E-state index is -0.0187. The van der Waals surface area contributed by atoms with Gasteiger partial charge in [0.1, 0.15) is 6.61 Å². The number of nitrogens with zero attached hydrogens (tertiary/aromatic N) is 5. The van der Waals surface area contributed by atoms with Crippen molar-refractivity contribution < 1.29 is 9.53 Å². The first kappa shape index (κ1) is 18.9. The number of piperazine rings is 1. The number of amides is 1. The first-order valence-corrected chi connectivity index (χ1v) is 9.90. The van der Waals surface area contributed by atoms with Crippen molar-refractivity contribution in [3.8, 4) is 0 Å². The van der Waals surface area contributed by atoms with Crippen LogP contribution in [-0.4, -0.2) is 84.3 Å². The van der Waals surface area contributed by atoms with E-state index in [1.807, 2.05) is 23.1 Å². The lowest BCUT2D eigenvalue weighted by Crippen LogP contribution is -2.49. The third kappa shape index (κ3) is 4.02. The number of carbonyl (C=O) groups excluding carboxylic acids is 1. The molecule has 4 rings (SSSR count). The molecule has 0 N–H and O–H groups in total. The molecule has 1 aromatic carbocycles. The van der Waals surface area contributed by atoms with Gasteiger partial charge in [-0.1, -0.05) is 0 Å². The Kier molecular flexibility index (Phi) is 5.59. The van der Waals surface area contributed by atoms with Gasteiger partial charge in [0, 0.05) is 65.2 Å². The second-order valence-electron chi connectivity index (χ2n) is 7.48. The summed E-state index contributed by atoms with van der Waals surface area (Å²) in [4.78, 5) is 35.2. The van der Waals surface area contributed by atoms with Crippen molar-refractivity contribution >= 4 is 22.5 Å². The molecule has 8 heteroatoms. The smallest absolute Gasteiger partial charge is 0.260 e. The zero-order valence-electron chi connectivity index (χ0n) is 16.3. The predicted molar refractivity (Wildman–Crippen MR) is 108 cm³/mol. The van der Waals surface area contributed by atoms with Gasteiger partial charge in [-0.15, -0.1) is 0 Å². The molecule has 2 aliphatic heterocycles. The zero-order valence-corrected chi connectivity index (χ0v) is 16.3. The number of benzene rings is 1. The van der Waals surface area contributed by atoms with Crippen LogP contribution in [-0.2, 0) is 16.6 Å². The highest BCUT2D eigenvalue weighted by molar-refractivity contribution is 5.81. The van der Waals surface area contributed by atoms with E-state index in [0.29, 0.717) is 12.0 Å². The SMILES string of the molecule is Cn1cnc2cc(N3CCN(CCN4CCCOCC4=O)CC3)ccc2c1=O. The van der Waals surface area contributed by atoms with E-state index in [1.54, 1.807) is 13.4 Å². The van der Waals surface area contributed by atoms with Crippen molar-refractivity contribution in [1.82, 2.24) is 19.4 Å². The third-order valence-electron chi connectivity index (χ3n) is 5.62. The van der Waals surface area contributed by atoms with Crippen LogP contribution in [0.15, 0.2) is 29.3 Å². The first-order valence-electron chi connectivity index (χ1n) is 9.90. The molecule has 0 radical (unpaired) electrons. The van der Waals surface area contributed by atoms with Gasteiger partial charge in [-0.2, -0.15) is 0 Å². The van der Waals surface area contributed by atoms with Crippen molar-refractivity contribution in [1.29, 1.82) is 0 Å². The van der Waals surface area contributed by atoms with Gasteiger partial charge in [-0.25, -0.2) is 4.98 Å². The summed E-state index contributed by atoms with van der Waals surface area (Å²) in [6.45, 7) is 7.12. The molecular formula is C20H27N5O3. The maximum Gasteiger partial charge on any atom is 0.260 e. The summed E-state index contributed by atoms with van der Waals surface area (Å²) in [5.41, 5.74) is 1.83. The molecule has 2 fully saturated rings. The van der Waals surface area contributed by atoms with E-state index in [-0.39, 0.29) is 18.1 Å². The average Bonchev–Trinajstić information content (AvgIpc) is 2.93. The quantitative estimate of drug-likeness (QED) is 0.754. The number of aromatic nitrogens is 2. The first-order chi connectivity index (χ1) is 13.6. The summed E-state index contributed by atoms with van der Waals surface area (Å²) in [6, 6.07) is 5.89. The Morgan fingerprint density at radius 2 is 1.89 bits per heavy atom. The Morgan fingerprint density at radius 3 is 2.71 bits per heavy atom. The molecule has 0 saturated carbocycles. The molecule has 28 heavy (non-hydrogen) atoms. The Balaban J connectivity index is 1.34. The van der Waals surface area contributed by atoms with Crippen LogP contribution in [0.2, 0.25) is 0 Å². The zero-order chi connectivity index (χ0) is 19.5. The molecule has 8 nitrogen and oxygen atoms in total. The fourth-order valence-electron chi connectivity index (χ4n) is 3.86. The topological polar surface area (TPSA) is 70.9 Å². The van der Waals surface area contributed by atoms with E-state index in [2.05, 4.69) is 14.8 Å². The van der Waals surface area contributed by atoms with E-state index in [0.717, 1.165) is 63.4 Å². The van der Waals surface area contributed by atoms with Crippen LogP contribution < -0.4 is 10.5 Å². The number of aryl methyl sites for hydroxylation is 1. The van der Waals surface area contributed by atoms with E-state index in [1.165, 1.54) is 4.57 Å². The molecule has 1 amide bonds. The van der Waals surface area contributed by atoms with E-state index in [9.17, 15) is 9.59 Å². The molecule has 0 atom stereocenters. The van der Waals surface area contributed by atoms with Gasteiger partial charge in [0.05, 0.1) is 17.2 Å². The van der Waals surface area contributed by atoms with Crippen molar-refractivity contribution in [2.24, 2.45) is 7.05 Å². The van der Waals surface area contributed by atoms with Crippen molar-refractivity contribution in [3.05, 3.63) is 34.9 Å². The van der Waals surface area contributed by atoms with Gasteiger partial charge in [0.25, 0.3) is 5.56 Å². The van der Waals surface area contributed by atoms with Crippen LogP contribution in [0.3, 0.4) is 0 Å². The van der Waals surface area contributed by atoms with E-state index in [4.69, 9.17) is 4.74 Å². The molecule has 0 aliphatic carbocycles. The van der Waals surface area contributed by atoms with Gasteiger partial charge in [0.15, 0.2) is 0 Å². The number of carbonyl (C=O) groups is 1. The maximum atomic E-state index is 12.2. The summed E-state index contributed by atoms with van der Waals surface area (Å²) >= 11 is 0. The van der Waals surface area contributed by atoms with Crippen molar-refractivity contribution in [2.75, 3.05) is 63.9 Å². The summed E-state index contributed by atoms with van der Waals surface area (Å²) < 4.78 is 6.80. The van der Waals surface area contributed by atoms with Crippen LogP contribution >= 0.6 is 0 Å². The molecule has 0 bridgehead atoms. The van der Waals surface area contributed by atoms with E-state index >= 15 is 0 Å². The number of fused-ring (bicyclic) bond motifs is 1. The number of rotatable bonds is 4. The molecule has 150 valence electrons. The van der Waals surface area contributed by atoms with E-state index < -0.39 is 0 Å². The van der Waals surface area contributed by atoms with Gasteiger partial charge >= 0.3 is 0 Å². The summed E-state index contributed by atoms with van der Waals surface area (Å²) in [5.74, 6) is 0.103. The minimum absolute atomic E-state index is 0.0187. The monoisotopic (exact) mass is 385 g/mol. The third-order valence-corrected chi connectivity index (χ3v) is 5.62. The Morgan fingerprint density at radius 1 is 1.07 bits per heavy atom. The highest BCUT2D eigenvalue weighted by Crippen LogP contribution is 2.20. The largest absolute Gasteiger partial charge is 0.372 e. The molecule has 2 saturated heterocycles. The van der Waals surface area contributed by atoms with Crippen LogP contribution in [0, 0.1) is 0 Å².